The predicted octanol–water partition coefficient (Wildman–Crippen LogP) is 1.85. The molecule has 0 aromatic rings. The maximum atomic E-state index is 11.5. The molecule has 0 saturated heterocycles. The molecule has 0 heterocycles. The van der Waals surface area contributed by atoms with Gasteiger partial charge in [0.2, 0.25) is 5.91 Å². The summed E-state index contributed by atoms with van der Waals surface area (Å²) in [5.41, 5.74) is 0. The molecule has 3 atom stereocenters. The van der Waals surface area contributed by atoms with E-state index in [-0.39, 0.29) is 5.91 Å². The summed E-state index contributed by atoms with van der Waals surface area (Å²) >= 11 is 0. The van der Waals surface area contributed by atoms with Crippen LogP contribution in [0.15, 0.2) is 12.2 Å². The molecular weight excluding hydrogens is 224 g/mol. The highest BCUT2D eigenvalue weighted by atomic mass is 16.1. The number of carbonyl (C=O) groups is 1. The Morgan fingerprint density at radius 1 is 1.22 bits per heavy atom. The van der Waals surface area contributed by atoms with Crippen LogP contribution in [0.5, 0.6) is 0 Å². The fraction of sp³-hybridized carbons (Fsp3) is 0.800. The van der Waals surface area contributed by atoms with Crippen molar-refractivity contribution in [3.8, 4) is 0 Å². The molecule has 2 fully saturated rings. The number of amides is 1. The van der Waals surface area contributed by atoms with E-state index in [1.807, 2.05) is 0 Å². The summed E-state index contributed by atoms with van der Waals surface area (Å²) in [4.78, 5) is 11.5. The number of allylic oxidation sites excluding steroid dienone is 2. The molecule has 1 amide bonds. The molecule has 2 saturated carbocycles. The van der Waals surface area contributed by atoms with Crippen LogP contribution in [-0.2, 0) is 4.79 Å². The molecule has 0 aromatic heterocycles. The van der Waals surface area contributed by atoms with Crippen LogP contribution in [0.3, 0.4) is 0 Å². The normalized spacial score (nSPS) is 33.0. The van der Waals surface area contributed by atoms with E-state index in [4.69, 9.17) is 0 Å². The van der Waals surface area contributed by atoms with Crippen molar-refractivity contribution in [2.24, 2.45) is 17.8 Å². The Morgan fingerprint density at radius 2 is 2.11 bits per heavy atom. The highest BCUT2D eigenvalue weighted by Crippen LogP contribution is 2.42. The van der Waals surface area contributed by atoms with Gasteiger partial charge in [-0.25, -0.2) is 0 Å². The largest absolute Gasteiger partial charge is 0.353 e. The molecule has 0 radical (unpaired) electrons. The van der Waals surface area contributed by atoms with Gasteiger partial charge in [0.15, 0.2) is 0 Å². The lowest BCUT2D eigenvalue weighted by Crippen LogP contribution is -2.28. The van der Waals surface area contributed by atoms with E-state index >= 15 is 0 Å². The van der Waals surface area contributed by atoms with E-state index in [1.54, 1.807) is 0 Å². The number of nitrogens with one attached hydrogen (secondary N) is 2. The molecular formula is C15H24N2O. The van der Waals surface area contributed by atoms with Crippen molar-refractivity contribution in [3.05, 3.63) is 12.2 Å². The second kappa shape index (κ2) is 5.43. The lowest BCUT2D eigenvalue weighted by atomic mass is 9.93. The number of hydrogen-bond acceptors (Lipinski definition) is 2. The maximum absolute atomic E-state index is 11.5. The Kier molecular flexibility index (Phi) is 3.69. The van der Waals surface area contributed by atoms with E-state index in [2.05, 4.69) is 22.8 Å². The Labute approximate surface area is 109 Å². The zero-order valence-electron chi connectivity index (χ0n) is 11.0. The summed E-state index contributed by atoms with van der Waals surface area (Å²) in [6.07, 6.45) is 11.6. The van der Waals surface area contributed by atoms with Gasteiger partial charge in [-0.15, -0.1) is 0 Å². The minimum absolute atomic E-state index is 0.238. The first-order valence-electron chi connectivity index (χ1n) is 7.49. The van der Waals surface area contributed by atoms with Gasteiger partial charge in [-0.1, -0.05) is 12.2 Å². The molecule has 100 valence electrons. The third-order valence-electron chi connectivity index (χ3n) is 4.52. The van der Waals surface area contributed by atoms with Gasteiger partial charge in [0, 0.05) is 12.5 Å². The van der Waals surface area contributed by atoms with Crippen LogP contribution >= 0.6 is 0 Å². The van der Waals surface area contributed by atoms with Gasteiger partial charge in [-0.3, -0.25) is 4.79 Å². The summed E-state index contributed by atoms with van der Waals surface area (Å²) in [7, 11) is 0. The van der Waals surface area contributed by atoms with Crippen molar-refractivity contribution in [3.63, 3.8) is 0 Å². The first-order chi connectivity index (χ1) is 8.81. The van der Waals surface area contributed by atoms with Gasteiger partial charge in [0.25, 0.3) is 0 Å². The SMILES string of the molecule is O=C(CCCNCC1CC2C=CC1C2)NC1CC1. The van der Waals surface area contributed by atoms with Gasteiger partial charge in [0.05, 0.1) is 0 Å². The van der Waals surface area contributed by atoms with E-state index in [9.17, 15) is 4.79 Å². The van der Waals surface area contributed by atoms with Gasteiger partial charge >= 0.3 is 0 Å². The highest BCUT2D eigenvalue weighted by molar-refractivity contribution is 5.76. The van der Waals surface area contributed by atoms with Gasteiger partial charge in [-0.05, 0) is 62.9 Å². The molecule has 3 heteroatoms. The summed E-state index contributed by atoms with van der Waals surface area (Å²) in [5, 5.41) is 6.55. The fourth-order valence-corrected chi connectivity index (χ4v) is 3.32. The third-order valence-corrected chi connectivity index (χ3v) is 4.52. The van der Waals surface area contributed by atoms with Crippen molar-refractivity contribution < 1.29 is 4.79 Å². The van der Waals surface area contributed by atoms with Crippen LogP contribution < -0.4 is 10.6 Å². The second-order valence-electron chi connectivity index (χ2n) is 6.19. The zero-order chi connectivity index (χ0) is 12.4. The molecule has 3 rings (SSSR count). The van der Waals surface area contributed by atoms with Crippen LogP contribution in [0.25, 0.3) is 0 Å². The minimum Gasteiger partial charge on any atom is -0.353 e. The summed E-state index contributed by atoms with van der Waals surface area (Å²) in [5.74, 6) is 2.79. The standard InChI is InChI=1S/C15H24N2O/c18-15(17-14-5-6-14)2-1-7-16-10-13-9-11-3-4-12(13)8-11/h3-4,11-14,16H,1-2,5-10H2,(H,17,18). The third kappa shape index (κ3) is 3.14. The topological polar surface area (TPSA) is 41.1 Å². The Hall–Kier alpha value is -0.830. The van der Waals surface area contributed by atoms with Crippen LogP contribution in [0.1, 0.15) is 38.5 Å². The van der Waals surface area contributed by atoms with E-state index in [0.717, 1.165) is 37.3 Å². The maximum Gasteiger partial charge on any atom is 0.220 e. The smallest absolute Gasteiger partial charge is 0.220 e. The number of carbonyl (C=O) groups excluding carboxylic acids is 1. The number of rotatable bonds is 7. The summed E-state index contributed by atoms with van der Waals surface area (Å²) in [6, 6.07) is 0.506. The highest BCUT2D eigenvalue weighted by Gasteiger charge is 2.34. The molecule has 0 spiro atoms. The first-order valence-corrected chi connectivity index (χ1v) is 7.49. The fourth-order valence-electron chi connectivity index (χ4n) is 3.32. The Bertz CT molecular complexity index is 335. The number of hydrogen-bond donors (Lipinski definition) is 2. The molecule has 2 N–H and O–H groups in total. The molecule has 18 heavy (non-hydrogen) atoms. The molecule has 3 aliphatic carbocycles. The van der Waals surface area contributed by atoms with Gasteiger partial charge in [0.1, 0.15) is 0 Å². The molecule has 3 unspecified atom stereocenters. The zero-order valence-corrected chi connectivity index (χ0v) is 11.0. The molecule has 0 aliphatic heterocycles. The molecule has 2 bridgehead atoms. The van der Waals surface area contributed by atoms with Crippen LogP contribution in [0.2, 0.25) is 0 Å². The van der Waals surface area contributed by atoms with Crippen molar-refractivity contribution in [1.29, 1.82) is 0 Å². The monoisotopic (exact) mass is 248 g/mol. The van der Waals surface area contributed by atoms with Crippen LogP contribution in [0, 0.1) is 17.8 Å². The van der Waals surface area contributed by atoms with Crippen molar-refractivity contribution in [1.82, 2.24) is 10.6 Å². The quantitative estimate of drug-likeness (QED) is 0.533. The van der Waals surface area contributed by atoms with E-state index in [0.29, 0.717) is 12.5 Å². The van der Waals surface area contributed by atoms with Gasteiger partial charge in [-0.2, -0.15) is 0 Å². The van der Waals surface area contributed by atoms with Crippen molar-refractivity contribution in [2.75, 3.05) is 13.1 Å². The second-order valence-corrected chi connectivity index (χ2v) is 6.19. The average molecular weight is 248 g/mol. The first kappa shape index (κ1) is 12.2. The van der Waals surface area contributed by atoms with Crippen LogP contribution in [-0.4, -0.2) is 25.0 Å². The van der Waals surface area contributed by atoms with E-state index < -0.39 is 0 Å². The lowest BCUT2D eigenvalue weighted by Gasteiger charge is -2.18. The average Bonchev–Trinajstić information content (AvgIpc) is 2.92. The molecule has 3 aliphatic rings. The Morgan fingerprint density at radius 3 is 2.78 bits per heavy atom. The summed E-state index contributed by atoms with van der Waals surface area (Å²) < 4.78 is 0. The summed E-state index contributed by atoms with van der Waals surface area (Å²) in [6.45, 7) is 2.12. The van der Waals surface area contributed by atoms with Crippen molar-refractivity contribution in [2.45, 2.75) is 44.6 Å². The van der Waals surface area contributed by atoms with Crippen molar-refractivity contribution >= 4 is 5.91 Å². The predicted molar refractivity (Wildman–Crippen MR) is 72.1 cm³/mol. The Balaban J connectivity index is 1.22. The number of fused-ring (bicyclic) bond motifs is 2. The van der Waals surface area contributed by atoms with Gasteiger partial charge < -0.3 is 10.6 Å². The van der Waals surface area contributed by atoms with E-state index in [1.165, 1.54) is 25.7 Å². The molecule has 3 nitrogen and oxygen atoms in total. The lowest BCUT2D eigenvalue weighted by molar-refractivity contribution is -0.121. The molecule has 0 aromatic carbocycles. The minimum atomic E-state index is 0.238. The van der Waals surface area contributed by atoms with Crippen LogP contribution in [0.4, 0.5) is 0 Å².